The summed E-state index contributed by atoms with van der Waals surface area (Å²) in [6.07, 6.45) is 0. The van der Waals surface area contributed by atoms with E-state index >= 15 is 0 Å². The number of nitrogens with zero attached hydrogens (tertiary/aromatic N) is 1. The van der Waals surface area contributed by atoms with Gasteiger partial charge in [0.25, 0.3) is 0 Å². The Balaban J connectivity index is 2.78. The second-order valence-corrected chi connectivity index (χ2v) is 11.9. The Labute approximate surface area is 113 Å². The Kier molecular flexibility index (Phi) is 4.35. The van der Waals surface area contributed by atoms with Gasteiger partial charge < -0.3 is 9.53 Å². The third-order valence-electron chi connectivity index (χ3n) is 3.45. The quantitative estimate of drug-likeness (QED) is 0.858. The summed E-state index contributed by atoms with van der Waals surface area (Å²) in [4.78, 5) is 15.9. The zero-order valence-corrected chi connectivity index (χ0v) is 13.6. The molecule has 0 spiro atoms. The third-order valence-corrected chi connectivity index (χ3v) is 8.93. The van der Waals surface area contributed by atoms with Gasteiger partial charge in [0.2, 0.25) is 5.01 Å². The van der Waals surface area contributed by atoms with Gasteiger partial charge in [-0.3, -0.25) is 0 Å². The first-order valence-corrected chi connectivity index (χ1v) is 9.60. The van der Waals surface area contributed by atoms with Crippen LogP contribution in [0.3, 0.4) is 0 Å². The maximum atomic E-state index is 10.8. The van der Waals surface area contributed by atoms with Gasteiger partial charge in [-0.2, -0.15) is 0 Å². The van der Waals surface area contributed by atoms with E-state index in [1.807, 2.05) is 6.92 Å². The molecule has 0 fully saturated rings. The smallest absolute Gasteiger partial charge is 0.365 e. The summed E-state index contributed by atoms with van der Waals surface area (Å²) in [5, 5.41) is 9.18. The molecule has 1 N–H and O–H groups in total. The minimum absolute atomic E-state index is 0.140. The topological polar surface area (TPSA) is 59.4 Å². The normalized spacial score (nSPS) is 12.8. The van der Waals surface area contributed by atoms with Gasteiger partial charge in [-0.25, -0.2) is 9.78 Å². The largest absolute Gasteiger partial charge is 0.476 e. The lowest BCUT2D eigenvalue weighted by Gasteiger charge is -2.35. The minimum Gasteiger partial charge on any atom is -0.476 e. The van der Waals surface area contributed by atoms with E-state index < -0.39 is 14.3 Å². The zero-order valence-electron chi connectivity index (χ0n) is 11.8. The highest BCUT2D eigenvalue weighted by atomic mass is 32.1. The number of thiazole rings is 1. The summed E-state index contributed by atoms with van der Waals surface area (Å²) < 4.78 is 6.04. The van der Waals surface area contributed by atoms with Crippen LogP contribution in [0.15, 0.2) is 0 Å². The standard InChI is InChI=1S/C12H21NO3SSi/c1-8-9(13-10(17-8)11(14)15)7-16-18(5,6)12(2,3)4/h7H2,1-6H3,(H,14,15). The van der Waals surface area contributed by atoms with Gasteiger partial charge in [0.05, 0.1) is 12.3 Å². The van der Waals surface area contributed by atoms with E-state index in [-0.39, 0.29) is 10.0 Å². The van der Waals surface area contributed by atoms with E-state index in [0.29, 0.717) is 6.61 Å². The maximum absolute atomic E-state index is 10.8. The summed E-state index contributed by atoms with van der Waals surface area (Å²) in [6.45, 7) is 13.2. The summed E-state index contributed by atoms with van der Waals surface area (Å²) in [7, 11) is -1.81. The number of aryl methyl sites for hydroxylation is 1. The molecule has 1 aromatic heterocycles. The predicted molar refractivity (Wildman–Crippen MR) is 75.8 cm³/mol. The van der Waals surface area contributed by atoms with Gasteiger partial charge >= 0.3 is 5.97 Å². The fraction of sp³-hybridized carbons (Fsp3) is 0.667. The highest BCUT2D eigenvalue weighted by Gasteiger charge is 2.37. The van der Waals surface area contributed by atoms with Crippen LogP contribution in [0, 0.1) is 6.92 Å². The van der Waals surface area contributed by atoms with Crippen LogP contribution in [0.5, 0.6) is 0 Å². The van der Waals surface area contributed by atoms with Crippen molar-refractivity contribution in [2.24, 2.45) is 0 Å². The monoisotopic (exact) mass is 287 g/mol. The number of carboxylic acids is 1. The highest BCUT2D eigenvalue weighted by molar-refractivity contribution is 7.13. The molecule has 0 bridgehead atoms. The van der Waals surface area contributed by atoms with Crippen molar-refractivity contribution in [1.29, 1.82) is 0 Å². The second-order valence-electron chi connectivity index (χ2n) is 5.88. The molecule has 18 heavy (non-hydrogen) atoms. The molecule has 0 aliphatic heterocycles. The molecule has 0 aliphatic carbocycles. The minimum atomic E-state index is -1.81. The lowest BCUT2D eigenvalue weighted by molar-refractivity contribution is 0.0696. The molecule has 0 atom stereocenters. The molecule has 1 heterocycles. The predicted octanol–water partition coefficient (Wildman–Crippen LogP) is 3.67. The van der Waals surface area contributed by atoms with Crippen molar-refractivity contribution in [2.45, 2.75) is 52.4 Å². The van der Waals surface area contributed by atoms with Gasteiger partial charge in [-0.1, -0.05) is 20.8 Å². The van der Waals surface area contributed by atoms with Crippen LogP contribution in [0.4, 0.5) is 0 Å². The average molecular weight is 287 g/mol. The van der Waals surface area contributed by atoms with Gasteiger partial charge in [0.15, 0.2) is 8.32 Å². The van der Waals surface area contributed by atoms with E-state index in [9.17, 15) is 4.79 Å². The molecule has 6 heteroatoms. The number of carboxylic acid groups (broad SMARTS) is 1. The lowest BCUT2D eigenvalue weighted by atomic mass is 10.2. The van der Waals surface area contributed by atoms with E-state index in [1.165, 1.54) is 11.3 Å². The number of hydrogen-bond acceptors (Lipinski definition) is 4. The van der Waals surface area contributed by atoms with Gasteiger partial charge in [-0.15, -0.1) is 11.3 Å². The molecule has 1 rings (SSSR count). The van der Waals surface area contributed by atoms with Crippen molar-refractivity contribution in [3.05, 3.63) is 15.6 Å². The van der Waals surface area contributed by atoms with Gasteiger partial charge in [-0.05, 0) is 25.1 Å². The van der Waals surface area contributed by atoms with Crippen LogP contribution in [0.25, 0.3) is 0 Å². The summed E-state index contributed by atoms with van der Waals surface area (Å²) in [5.74, 6) is -0.971. The van der Waals surface area contributed by atoms with Crippen molar-refractivity contribution < 1.29 is 14.3 Å². The first kappa shape index (κ1) is 15.3. The van der Waals surface area contributed by atoms with Crippen molar-refractivity contribution in [3.63, 3.8) is 0 Å². The molecule has 0 saturated heterocycles. The molecule has 0 aliphatic rings. The molecule has 4 nitrogen and oxygen atoms in total. The molecular weight excluding hydrogens is 266 g/mol. The Morgan fingerprint density at radius 2 is 2.00 bits per heavy atom. The molecule has 0 unspecified atom stereocenters. The highest BCUT2D eigenvalue weighted by Crippen LogP contribution is 2.37. The van der Waals surface area contributed by atoms with Crippen LogP contribution >= 0.6 is 11.3 Å². The van der Waals surface area contributed by atoms with Crippen molar-refractivity contribution in [3.8, 4) is 0 Å². The van der Waals surface area contributed by atoms with Crippen molar-refractivity contribution >= 4 is 25.6 Å². The first-order chi connectivity index (χ1) is 8.04. The van der Waals surface area contributed by atoms with Crippen LogP contribution < -0.4 is 0 Å². The Hall–Kier alpha value is -0.723. The molecule has 1 aromatic rings. The fourth-order valence-corrected chi connectivity index (χ4v) is 2.80. The van der Waals surface area contributed by atoms with Crippen LogP contribution in [0.2, 0.25) is 18.1 Å². The summed E-state index contributed by atoms with van der Waals surface area (Å²) >= 11 is 1.21. The van der Waals surface area contributed by atoms with E-state index in [0.717, 1.165) is 10.6 Å². The number of aromatic carboxylic acids is 1. The Morgan fingerprint density at radius 3 is 2.39 bits per heavy atom. The molecular formula is C12H21NO3SSi. The number of hydrogen-bond donors (Lipinski definition) is 1. The van der Waals surface area contributed by atoms with Gasteiger partial charge in [0, 0.05) is 4.88 Å². The first-order valence-electron chi connectivity index (χ1n) is 5.88. The number of carbonyl (C=O) groups is 1. The fourth-order valence-electron chi connectivity index (χ4n) is 1.12. The van der Waals surface area contributed by atoms with E-state index in [4.69, 9.17) is 9.53 Å². The summed E-state index contributed by atoms with van der Waals surface area (Å²) in [5.41, 5.74) is 0.752. The van der Waals surface area contributed by atoms with Crippen LogP contribution in [-0.2, 0) is 11.0 Å². The molecule has 0 saturated carbocycles. The van der Waals surface area contributed by atoms with Crippen molar-refractivity contribution in [2.75, 3.05) is 0 Å². The lowest BCUT2D eigenvalue weighted by Crippen LogP contribution is -2.40. The van der Waals surface area contributed by atoms with Gasteiger partial charge in [0.1, 0.15) is 0 Å². The Bertz CT molecular complexity index is 449. The SMILES string of the molecule is Cc1sc(C(=O)O)nc1CO[Si](C)(C)C(C)(C)C. The third kappa shape index (κ3) is 3.40. The average Bonchev–Trinajstić information content (AvgIpc) is 2.55. The maximum Gasteiger partial charge on any atom is 0.365 e. The van der Waals surface area contributed by atoms with E-state index in [2.05, 4.69) is 38.8 Å². The van der Waals surface area contributed by atoms with E-state index in [1.54, 1.807) is 0 Å². The molecule has 102 valence electrons. The zero-order chi connectivity index (χ0) is 14.1. The molecule has 0 amide bonds. The van der Waals surface area contributed by atoms with Crippen LogP contribution in [0.1, 0.15) is 41.1 Å². The summed E-state index contributed by atoms with van der Waals surface area (Å²) in [6, 6.07) is 0. The number of rotatable bonds is 4. The molecule has 0 radical (unpaired) electrons. The Morgan fingerprint density at radius 1 is 1.44 bits per heavy atom. The number of aromatic nitrogens is 1. The van der Waals surface area contributed by atoms with Crippen molar-refractivity contribution in [1.82, 2.24) is 4.98 Å². The van der Waals surface area contributed by atoms with Crippen LogP contribution in [-0.4, -0.2) is 24.4 Å². The molecule has 0 aromatic carbocycles. The second kappa shape index (κ2) is 5.11.